The number of hydrogen-bond donors (Lipinski definition) is 1. The van der Waals surface area contributed by atoms with E-state index in [1.165, 1.54) is 11.5 Å². The molecule has 1 aromatic rings. The van der Waals surface area contributed by atoms with Crippen molar-refractivity contribution in [2.24, 2.45) is 0 Å². The SMILES string of the molecule is COC(CNCc1csnn1)OC. The van der Waals surface area contributed by atoms with Crippen LogP contribution in [0.1, 0.15) is 5.69 Å². The number of nitrogens with one attached hydrogen (secondary N) is 1. The quantitative estimate of drug-likeness (QED) is 0.671. The lowest BCUT2D eigenvalue weighted by atomic mass is 10.5. The average molecular weight is 203 g/mol. The summed E-state index contributed by atoms with van der Waals surface area (Å²) in [6, 6.07) is 0. The molecule has 0 radical (unpaired) electrons. The van der Waals surface area contributed by atoms with Crippen molar-refractivity contribution in [2.45, 2.75) is 12.8 Å². The van der Waals surface area contributed by atoms with Gasteiger partial charge < -0.3 is 14.8 Å². The van der Waals surface area contributed by atoms with Gasteiger partial charge in [0, 0.05) is 32.7 Å². The molecule has 1 N–H and O–H groups in total. The first-order chi connectivity index (χ1) is 6.36. The smallest absolute Gasteiger partial charge is 0.169 e. The first-order valence-corrected chi connectivity index (χ1v) is 4.72. The van der Waals surface area contributed by atoms with E-state index >= 15 is 0 Å². The van der Waals surface area contributed by atoms with Gasteiger partial charge in [0.2, 0.25) is 0 Å². The van der Waals surface area contributed by atoms with Gasteiger partial charge in [-0.25, -0.2) is 0 Å². The molecular weight excluding hydrogens is 190 g/mol. The largest absolute Gasteiger partial charge is 0.355 e. The molecule has 0 saturated carbocycles. The van der Waals surface area contributed by atoms with Gasteiger partial charge in [-0.2, -0.15) is 0 Å². The van der Waals surface area contributed by atoms with Gasteiger partial charge in [0.15, 0.2) is 6.29 Å². The molecule has 0 amide bonds. The zero-order valence-corrected chi connectivity index (χ0v) is 8.50. The third-order valence-corrected chi connectivity index (χ3v) is 2.10. The maximum atomic E-state index is 5.00. The minimum atomic E-state index is -0.202. The van der Waals surface area contributed by atoms with E-state index in [0.717, 1.165) is 5.69 Å². The van der Waals surface area contributed by atoms with Crippen LogP contribution in [0.5, 0.6) is 0 Å². The van der Waals surface area contributed by atoms with Crippen LogP contribution in [0.3, 0.4) is 0 Å². The van der Waals surface area contributed by atoms with Crippen LogP contribution in [0.15, 0.2) is 5.38 Å². The molecule has 0 aliphatic heterocycles. The molecule has 0 unspecified atom stereocenters. The lowest BCUT2D eigenvalue weighted by Crippen LogP contribution is -2.29. The highest BCUT2D eigenvalue weighted by Crippen LogP contribution is 1.96. The molecular formula is C7H13N3O2S. The van der Waals surface area contributed by atoms with Crippen molar-refractivity contribution in [3.8, 4) is 0 Å². The molecule has 0 saturated heterocycles. The van der Waals surface area contributed by atoms with Crippen LogP contribution < -0.4 is 5.32 Å². The van der Waals surface area contributed by atoms with Gasteiger partial charge in [-0.05, 0) is 11.5 Å². The van der Waals surface area contributed by atoms with Gasteiger partial charge in [-0.1, -0.05) is 4.49 Å². The first kappa shape index (κ1) is 10.5. The van der Waals surface area contributed by atoms with Crippen LogP contribution >= 0.6 is 11.5 Å². The van der Waals surface area contributed by atoms with E-state index in [-0.39, 0.29) is 6.29 Å². The predicted molar refractivity (Wildman–Crippen MR) is 49.4 cm³/mol. The first-order valence-electron chi connectivity index (χ1n) is 3.89. The molecule has 0 aliphatic carbocycles. The maximum Gasteiger partial charge on any atom is 0.169 e. The Morgan fingerprint density at radius 3 is 2.85 bits per heavy atom. The minimum absolute atomic E-state index is 0.202. The second-order valence-corrected chi connectivity index (χ2v) is 3.04. The molecule has 5 nitrogen and oxygen atoms in total. The molecule has 1 heterocycles. The van der Waals surface area contributed by atoms with E-state index in [1.54, 1.807) is 14.2 Å². The molecule has 0 atom stereocenters. The summed E-state index contributed by atoms with van der Waals surface area (Å²) in [7, 11) is 3.22. The Hall–Kier alpha value is -0.560. The van der Waals surface area contributed by atoms with Gasteiger partial charge in [0.25, 0.3) is 0 Å². The summed E-state index contributed by atoms with van der Waals surface area (Å²) in [5, 5.41) is 8.94. The second kappa shape index (κ2) is 5.98. The fourth-order valence-corrected chi connectivity index (χ4v) is 1.29. The van der Waals surface area contributed by atoms with Crippen molar-refractivity contribution in [2.75, 3.05) is 20.8 Å². The molecule has 0 aromatic carbocycles. The molecule has 0 aliphatic rings. The lowest BCUT2D eigenvalue weighted by Gasteiger charge is -2.12. The maximum absolute atomic E-state index is 5.00. The standard InChI is InChI=1S/C7H13N3O2S/c1-11-7(12-2)4-8-3-6-5-13-10-9-6/h5,7-8H,3-4H2,1-2H3. The van der Waals surface area contributed by atoms with Gasteiger partial charge in [0.1, 0.15) is 0 Å². The Bertz CT molecular complexity index is 214. The van der Waals surface area contributed by atoms with Crippen LogP contribution in [-0.2, 0) is 16.0 Å². The third-order valence-electron chi connectivity index (χ3n) is 1.55. The molecule has 0 fully saturated rings. The van der Waals surface area contributed by atoms with E-state index < -0.39 is 0 Å². The van der Waals surface area contributed by atoms with Crippen LogP contribution in [0, 0.1) is 0 Å². The summed E-state index contributed by atoms with van der Waals surface area (Å²) in [6.45, 7) is 1.34. The summed E-state index contributed by atoms with van der Waals surface area (Å²) < 4.78 is 13.8. The Labute approximate surface area is 81.2 Å². The monoisotopic (exact) mass is 203 g/mol. The number of methoxy groups -OCH3 is 2. The van der Waals surface area contributed by atoms with E-state index in [1.807, 2.05) is 5.38 Å². The lowest BCUT2D eigenvalue weighted by molar-refractivity contribution is -0.0989. The molecule has 13 heavy (non-hydrogen) atoms. The molecule has 1 aromatic heterocycles. The van der Waals surface area contributed by atoms with Crippen molar-refractivity contribution < 1.29 is 9.47 Å². The summed E-state index contributed by atoms with van der Waals surface area (Å²) in [4.78, 5) is 0. The Kier molecular flexibility index (Phi) is 4.84. The fraction of sp³-hybridized carbons (Fsp3) is 0.714. The molecule has 6 heteroatoms. The van der Waals surface area contributed by atoms with Crippen molar-refractivity contribution >= 4 is 11.5 Å². The van der Waals surface area contributed by atoms with Crippen molar-refractivity contribution in [1.82, 2.24) is 14.9 Å². The minimum Gasteiger partial charge on any atom is -0.355 e. The van der Waals surface area contributed by atoms with Crippen LogP contribution in [0.4, 0.5) is 0 Å². The van der Waals surface area contributed by atoms with Crippen molar-refractivity contribution in [3.05, 3.63) is 11.1 Å². The summed E-state index contributed by atoms with van der Waals surface area (Å²) in [5.41, 5.74) is 0.941. The Morgan fingerprint density at radius 2 is 2.31 bits per heavy atom. The zero-order chi connectivity index (χ0) is 9.52. The zero-order valence-electron chi connectivity index (χ0n) is 7.69. The number of ether oxygens (including phenoxy) is 2. The van der Waals surface area contributed by atoms with Gasteiger partial charge in [0.05, 0.1) is 5.69 Å². The normalized spacial score (nSPS) is 11.0. The predicted octanol–water partition coefficient (Wildman–Crippen LogP) is 0.247. The third kappa shape index (κ3) is 3.77. The number of hydrogen-bond acceptors (Lipinski definition) is 6. The topological polar surface area (TPSA) is 56.3 Å². The highest BCUT2D eigenvalue weighted by Gasteiger charge is 2.03. The van der Waals surface area contributed by atoms with E-state index in [4.69, 9.17) is 9.47 Å². The molecule has 1 rings (SSSR count). The highest BCUT2D eigenvalue weighted by atomic mass is 32.1. The number of rotatable bonds is 6. The molecule has 0 spiro atoms. The van der Waals surface area contributed by atoms with Crippen molar-refractivity contribution in [3.63, 3.8) is 0 Å². The van der Waals surface area contributed by atoms with E-state index in [9.17, 15) is 0 Å². The molecule has 0 bridgehead atoms. The van der Waals surface area contributed by atoms with Gasteiger partial charge in [-0.15, -0.1) is 5.10 Å². The van der Waals surface area contributed by atoms with Gasteiger partial charge >= 0.3 is 0 Å². The number of aromatic nitrogens is 2. The average Bonchev–Trinajstić information content (AvgIpc) is 2.65. The van der Waals surface area contributed by atoms with Crippen LogP contribution in [0.25, 0.3) is 0 Å². The van der Waals surface area contributed by atoms with Crippen LogP contribution in [0.2, 0.25) is 0 Å². The fourth-order valence-electron chi connectivity index (χ4n) is 0.842. The summed E-state index contributed by atoms with van der Waals surface area (Å²) in [5.74, 6) is 0. The van der Waals surface area contributed by atoms with E-state index in [2.05, 4.69) is 14.9 Å². The summed E-state index contributed by atoms with van der Waals surface area (Å²) in [6.07, 6.45) is -0.202. The Balaban J connectivity index is 2.13. The van der Waals surface area contributed by atoms with Gasteiger partial charge in [-0.3, -0.25) is 0 Å². The molecule has 74 valence electrons. The van der Waals surface area contributed by atoms with Crippen LogP contribution in [-0.4, -0.2) is 36.6 Å². The second-order valence-electron chi connectivity index (χ2n) is 2.43. The number of nitrogens with zero attached hydrogens (tertiary/aromatic N) is 2. The van der Waals surface area contributed by atoms with E-state index in [0.29, 0.717) is 13.1 Å². The Morgan fingerprint density at radius 1 is 1.54 bits per heavy atom. The summed E-state index contributed by atoms with van der Waals surface area (Å²) >= 11 is 1.35. The van der Waals surface area contributed by atoms with Crippen molar-refractivity contribution in [1.29, 1.82) is 0 Å². The highest BCUT2D eigenvalue weighted by molar-refractivity contribution is 7.03.